The highest BCUT2D eigenvalue weighted by molar-refractivity contribution is 7.88. The van der Waals surface area contributed by atoms with E-state index >= 15 is 0 Å². The van der Waals surface area contributed by atoms with Crippen LogP contribution >= 0.6 is 11.6 Å². The van der Waals surface area contributed by atoms with Gasteiger partial charge < -0.3 is 4.74 Å². The molecule has 0 radical (unpaired) electrons. The number of carbonyl (C=O) groups is 2. The molecule has 1 heterocycles. The lowest BCUT2D eigenvalue weighted by Gasteiger charge is -2.12. The zero-order valence-corrected chi connectivity index (χ0v) is 15.8. The summed E-state index contributed by atoms with van der Waals surface area (Å²) in [5, 5.41) is 0.631. The molecule has 0 bridgehead atoms. The molecule has 0 unspecified atom stereocenters. The molecule has 0 saturated carbocycles. The molecule has 142 valence electrons. The molecule has 7 nitrogen and oxygen atoms in total. The summed E-state index contributed by atoms with van der Waals surface area (Å²) >= 11 is 5.91. The first-order valence-electron chi connectivity index (χ1n) is 8.15. The van der Waals surface area contributed by atoms with Gasteiger partial charge >= 0.3 is 16.2 Å². The second kappa shape index (κ2) is 8.08. The number of carbonyl (C=O) groups excluding carboxylic acids is 2. The van der Waals surface area contributed by atoms with Crippen LogP contribution in [0.3, 0.4) is 0 Å². The average molecular weight is 409 g/mol. The van der Waals surface area contributed by atoms with E-state index in [1.165, 1.54) is 0 Å². The van der Waals surface area contributed by atoms with Crippen molar-refractivity contribution in [3.63, 3.8) is 0 Å². The molecule has 1 amide bonds. The number of nitrogens with one attached hydrogen (secondary N) is 1. The number of rotatable bonds is 6. The van der Waals surface area contributed by atoms with Gasteiger partial charge in [-0.3, -0.25) is 4.79 Å². The maximum Gasteiger partial charge on any atom is 0.338 e. The Bertz CT molecular complexity index is 960. The molecule has 27 heavy (non-hydrogen) atoms. The van der Waals surface area contributed by atoms with E-state index in [9.17, 15) is 18.0 Å². The first-order valence-corrected chi connectivity index (χ1v) is 9.96. The molecule has 1 aliphatic rings. The average Bonchev–Trinajstić information content (AvgIpc) is 2.87. The second-order valence-electron chi connectivity index (χ2n) is 6.01. The summed E-state index contributed by atoms with van der Waals surface area (Å²) in [6.45, 7) is 0.0571. The maximum atomic E-state index is 12.1. The monoisotopic (exact) mass is 408 g/mol. The molecule has 0 spiro atoms. The van der Waals surface area contributed by atoms with Crippen molar-refractivity contribution in [1.29, 1.82) is 0 Å². The molecule has 1 fully saturated rings. The fourth-order valence-corrected chi connectivity index (χ4v) is 3.91. The number of ether oxygens (including phenoxy) is 1. The van der Waals surface area contributed by atoms with Crippen molar-refractivity contribution in [2.75, 3.05) is 13.2 Å². The highest BCUT2D eigenvalue weighted by Crippen LogP contribution is 2.14. The standard InChI is InChI=1S/C18H17ClN2O5S/c19-16-3-1-2-13(10-16)8-9-26-18(23)15-6-4-14(5-7-15)11-21-12-17(22)20-27(21,24)25/h1-7,10H,8-9,11-12H2,(H,20,22). The molecule has 1 N–H and O–H groups in total. The predicted octanol–water partition coefficient (Wildman–Crippen LogP) is 1.92. The van der Waals surface area contributed by atoms with Crippen LogP contribution < -0.4 is 4.72 Å². The van der Waals surface area contributed by atoms with Crippen LogP contribution in [0.1, 0.15) is 21.5 Å². The predicted molar refractivity (Wildman–Crippen MR) is 99.4 cm³/mol. The van der Waals surface area contributed by atoms with Crippen molar-refractivity contribution in [3.8, 4) is 0 Å². The van der Waals surface area contributed by atoms with Gasteiger partial charge in [0.05, 0.1) is 18.7 Å². The highest BCUT2D eigenvalue weighted by Gasteiger charge is 2.33. The Morgan fingerprint density at radius 2 is 1.89 bits per heavy atom. The van der Waals surface area contributed by atoms with Crippen molar-refractivity contribution >= 4 is 33.7 Å². The molecule has 0 atom stereocenters. The van der Waals surface area contributed by atoms with Crippen LogP contribution in [0.25, 0.3) is 0 Å². The van der Waals surface area contributed by atoms with Crippen LogP contribution in [0.15, 0.2) is 48.5 Å². The SMILES string of the molecule is O=C1CN(Cc2ccc(C(=O)OCCc3cccc(Cl)c3)cc2)S(=O)(=O)N1. The number of benzene rings is 2. The summed E-state index contributed by atoms with van der Waals surface area (Å²) in [6.07, 6.45) is 0.554. The summed E-state index contributed by atoms with van der Waals surface area (Å²) in [4.78, 5) is 23.3. The Balaban J connectivity index is 1.53. The first-order chi connectivity index (χ1) is 12.8. The Labute approximate surface area is 162 Å². The van der Waals surface area contributed by atoms with E-state index in [0.29, 0.717) is 22.6 Å². The molecule has 2 aromatic rings. The summed E-state index contributed by atoms with van der Waals surface area (Å²) in [6, 6.07) is 13.7. The Kier molecular flexibility index (Phi) is 5.79. The topological polar surface area (TPSA) is 92.8 Å². The number of nitrogens with zero attached hydrogens (tertiary/aromatic N) is 1. The summed E-state index contributed by atoms with van der Waals surface area (Å²) in [5.41, 5.74) is 1.99. The van der Waals surface area contributed by atoms with Crippen molar-refractivity contribution in [2.24, 2.45) is 0 Å². The van der Waals surface area contributed by atoms with Gasteiger partial charge in [0.2, 0.25) is 5.91 Å². The van der Waals surface area contributed by atoms with Gasteiger partial charge in [-0.15, -0.1) is 0 Å². The summed E-state index contributed by atoms with van der Waals surface area (Å²) in [5.74, 6) is -1.02. The van der Waals surface area contributed by atoms with Crippen molar-refractivity contribution in [1.82, 2.24) is 9.03 Å². The lowest BCUT2D eigenvalue weighted by Crippen LogP contribution is -2.29. The van der Waals surface area contributed by atoms with Gasteiger partial charge in [-0.1, -0.05) is 35.9 Å². The van der Waals surface area contributed by atoms with Crippen LogP contribution in [0.2, 0.25) is 5.02 Å². The zero-order valence-electron chi connectivity index (χ0n) is 14.2. The third-order valence-corrected chi connectivity index (χ3v) is 5.62. The van der Waals surface area contributed by atoms with E-state index in [0.717, 1.165) is 9.87 Å². The molecular weight excluding hydrogens is 392 g/mol. The Morgan fingerprint density at radius 1 is 1.15 bits per heavy atom. The fourth-order valence-electron chi connectivity index (χ4n) is 2.61. The van der Waals surface area contributed by atoms with E-state index in [2.05, 4.69) is 0 Å². The van der Waals surface area contributed by atoms with E-state index in [4.69, 9.17) is 16.3 Å². The molecule has 1 aliphatic heterocycles. The third-order valence-electron chi connectivity index (χ3n) is 3.96. The van der Waals surface area contributed by atoms with E-state index in [-0.39, 0.29) is 19.7 Å². The Morgan fingerprint density at radius 3 is 2.52 bits per heavy atom. The van der Waals surface area contributed by atoms with Gasteiger partial charge in [0.15, 0.2) is 0 Å². The minimum Gasteiger partial charge on any atom is -0.462 e. The van der Waals surface area contributed by atoms with Crippen molar-refractivity contribution in [3.05, 3.63) is 70.2 Å². The van der Waals surface area contributed by atoms with Crippen LogP contribution in [-0.4, -0.2) is 37.8 Å². The summed E-state index contributed by atoms with van der Waals surface area (Å²) in [7, 11) is -3.77. The minimum atomic E-state index is -3.77. The number of hydrogen-bond acceptors (Lipinski definition) is 5. The normalized spacial score (nSPS) is 16.1. The molecule has 2 aromatic carbocycles. The molecule has 1 saturated heterocycles. The van der Waals surface area contributed by atoms with Gasteiger partial charge in [-0.25, -0.2) is 9.52 Å². The minimum absolute atomic E-state index is 0.0468. The smallest absolute Gasteiger partial charge is 0.338 e. The number of halogens is 1. The van der Waals surface area contributed by atoms with Crippen LogP contribution in [0.4, 0.5) is 0 Å². The zero-order chi connectivity index (χ0) is 19.4. The van der Waals surface area contributed by atoms with Crippen LogP contribution in [0.5, 0.6) is 0 Å². The van der Waals surface area contributed by atoms with Gasteiger partial charge in [0, 0.05) is 18.0 Å². The lowest BCUT2D eigenvalue weighted by atomic mass is 10.1. The second-order valence-corrected chi connectivity index (χ2v) is 8.12. The summed E-state index contributed by atoms with van der Waals surface area (Å²) < 4.78 is 31.6. The number of hydrogen-bond donors (Lipinski definition) is 1. The maximum absolute atomic E-state index is 12.1. The number of esters is 1. The van der Waals surface area contributed by atoms with Crippen LogP contribution in [-0.2, 0) is 32.7 Å². The van der Waals surface area contributed by atoms with Crippen molar-refractivity contribution in [2.45, 2.75) is 13.0 Å². The van der Waals surface area contributed by atoms with Crippen LogP contribution in [0, 0.1) is 0 Å². The van der Waals surface area contributed by atoms with Gasteiger partial charge in [-0.2, -0.15) is 12.7 Å². The van der Waals surface area contributed by atoms with Gasteiger partial charge in [0.25, 0.3) is 0 Å². The van der Waals surface area contributed by atoms with E-state index in [1.54, 1.807) is 30.3 Å². The molecule has 9 heteroatoms. The molecule has 3 rings (SSSR count). The number of amides is 1. The van der Waals surface area contributed by atoms with Crippen molar-refractivity contribution < 1.29 is 22.7 Å². The van der Waals surface area contributed by atoms with E-state index in [1.807, 2.05) is 22.9 Å². The van der Waals surface area contributed by atoms with Gasteiger partial charge in [-0.05, 0) is 35.4 Å². The van der Waals surface area contributed by atoms with E-state index < -0.39 is 22.1 Å². The highest BCUT2D eigenvalue weighted by atomic mass is 35.5. The Hall–Kier alpha value is -2.42. The van der Waals surface area contributed by atoms with Gasteiger partial charge in [0.1, 0.15) is 0 Å². The molecule has 0 aromatic heterocycles. The third kappa shape index (κ3) is 5.06. The lowest BCUT2D eigenvalue weighted by molar-refractivity contribution is -0.118. The quantitative estimate of drug-likeness (QED) is 0.737. The fraction of sp³-hybridized carbons (Fsp3) is 0.222. The first kappa shape index (κ1) is 19.3. The molecular formula is C18H17ClN2O5S. The molecule has 0 aliphatic carbocycles. The largest absolute Gasteiger partial charge is 0.462 e.